The van der Waals surface area contributed by atoms with Gasteiger partial charge in [0.15, 0.2) is 0 Å². The van der Waals surface area contributed by atoms with Gasteiger partial charge in [-0.1, -0.05) is 12.0 Å². The van der Waals surface area contributed by atoms with E-state index in [0.29, 0.717) is 6.08 Å². The van der Waals surface area contributed by atoms with E-state index in [0.717, 1.165) is 18.2 Å². The molecule has 0 aliphatic carbocycles. The summed E-state index contributed by atoms with van der Waals surface area (Å²) in [5.74, 6) is 4.01. The molecule has 0 radical (unpaired) electrons. The van der Waals surface area contributed by atoms with E-state index in [2.05, 4.69) is 16.6 Å². The lowest BCUT2D eigenvalue weighted by atomic mass is 10.0. The van der Waals surface area contributed by atoms with Crippen molar-refractivity contribution in [2.75, 3.05) is 0 Å². The normalized spacial score (nSPS) is 17.1. The van der Waals surface area contributed by atoms with Crippen LogP contribution in [0.1, 0.15) is 18.1 Å². The first-order valence-corrected chi connectivity index (χ1v) is 5.88. The zero-order chi connectivity index (χ0) is 16.5. The molecule has 1 aliphatic rings. The van der Waals surface area contributed by atoms with Gasteiger partial charge in [-0.05, 0) is 25.1 Å². The largest absolute Gasteiger partial charge is 0.573 e. The minimum Gasteiger partial charge on any atom is -0.475 e. The number of rotatable bonds is 1. The van der Waals surface area contributed by atoms with Crippen LogP contribution in [0.15, 0.2) is 18.2 Å². The van der Waals surface area contributed by atoms with E-state index in [9.17, 15) is 26.3 Å². The molecule has 0 saturated carbocycles. The fourth-order valence-corrected chi connectivity index (χ4v) is 1.83. The molecule has 1 unspecified atom stereocenters. The van der Waals surface area contributed by atoms with Crippen molar-refractivity contribution < 1.29 is 35.8 Å². The van der Waals surface area contributed by atoms with Gasteiger partial charge in [-0.3, -0.25) is 0 Å². The predicted octanol–water partition coefficient (Wildman–Crippen LogP) is 4.29. The Kier molecular flexibility index (Phi) is 4.00. The third-order valence-corrected chi connectivity index (χ3v) is 2.60. The Morgan fingerprint density at radius 3 is 2.36 bits per heavy atom. The van der Waals surface area contributed by atoms with Crippen LogP contribution < -0.4 is 9.47 Å². The van der Waals surface area contributed by atoms with Gasteiger partial charge in [0.05, 0.1) is 5.56 Å². The van der Waals surface area contributed by atoms with E-state index >= 15 is 0 Å². The monoisotopic (exact) mass is 322 g/mol. The van der Waals surface area contributed by atoms with Gasteiger partial charge in [0, 0.05) is 5.56 Å². The molecule has 0 saturated heterocycles. The molecule has 2 nitrogen and oxygen atoms in total. The van der Waals surface area contributed by atoms with Crippen LogP contribution >= 0.6 is 0 Å². The van der Waals surface area contributed by atoms with Gasteiger partial charge in [-0.2, -0.15) is 13.2 Å². The number of benzene rings is 1. The average molecular weight is 322 g/mol. The molecule has 0 amide bonds. The molecule has 0 aromatic heterocycles. The molecule has 2 rings (SSSR count). The van der Waals surface area contributed by atoms with Crippen molar-refractivity contribution in [1.29, 1.82) is 0 Å². The van der Waals surface area contributed by atoms with Crippen LogP contribution in [0.4, 0.5) is 26.3 Å². The average Bonchev–Trinajstić information content (AvgIpc) is 2.35. The molecule has 0 bridgehead atoms. The first kappa shape index (κ1) is 16.1. The molecular formula is C14H8F6O2. The molecule has 22 heavy (non-hydrogen) atoms. The Balaban J connectivity index is 2.47. The van der Waals surface area contributed by atoms with Crippen LogP contribution in [0.3, 0.4) is 0 Å². The van der Waals surface area contributed by atoms with E-state index in [1.165, 1.54) is 6.92 Å². The number of ether oxygens (including phenoxy) is 2. The number of hydrogen-bond donors (Lipinski definition) is 0. The van der Waals surface area contributed by atoms with Crippen molar-refractivity contribution in [2.24, 2.45) is 0 Å². The first-order chi connectivity index (χ1) is 10.1. The second-order valence-electron chi connectivity index (χ2n) is 4.25. The smallest absolute Gasteiger partial charge is 0.475 e. The predicted molar refractivity (Wildman–Crippen MR) is 65.2 cm³/mol. The van der Waals surface area contributed by atoms with Crippen LogP contribution in [-0.2, 0) is 0 Å². The fraction of sp³-hybridized carbons (Fsp3) is 0.286. The number of fused-ring (bicyclic) bond motifs is 1. The Morgan fingerprint density at radius 2 is 1.82 bits per heavy atom. The summed E-state index contributed by atoms with van der Waals surface area (Å²) in [6.07, 6.45) is -9.98. The van der Waals surface area contributed by atoms with Crippen LogP contribution in [0.25, 0.3) is 6.08 Å². The lowest BCUT2D eigenvalue weighted by molar-refractivity contribution is -0.274. The van der Waals surface area contributed by atoms with Gasteiger partial charge in [-0.15, -0.1) is 19.1 Å². The third-order valence-electron chi connectivity index (χ3n) is 2.60. The van der Waals surface area contributed by atoms with Crippen molar-refractivity contribution in [3.05, 3.63) is 29.3 Å². The van der Waals surface area contributed by atoms with E-state index in [4.69, 9.17) is 4.74 Å². The molecular weight excluding hydrogens is 314 g/mol. The minimum atomic E-state index is -4.92. The number of alkyl halides is 6. The maximum atomic E-state index is 12.7. The van der Waals surface area contributed by atoms with Crippen molar-refractivity contribution in [2.45, 2.75) is 25.6 Å². The number of hydrogen-bond acceptors (Lipinski definition) is 2. The lowest BCUT2D eigenvalue weighted by Gasteiger charge is -2.25. The zero-order valence-electron chi connectivity index (χ0n) is 11.0. The van der Waals surface area contributed by atoms with Gasteiger partial charge in [0.1, 0.15) is 11.5 Å². The number of halogens is 6. The van der Waals surface area contributed by atoms with Gasteiger partial charge in [0.25, 0.3) is 0 Å². The third kappa shape index (κ3) is 3.67. The molecule has 8 heteroatoms. The molecule has 0 fully saturated rings. The molecule has 1 aromatic rings. The summed E-state index contributed by atoms with van der Waals surface area (Å²) in [6.45, 7) is 1.39. The summed E-state index contributed by atoms with van der Waals surface area (Å²) >= 11 is 0. The second-order valence-corrected chi connectivity index (χ2v) is 4.25. The summed E-state index contributed by atoms with van der Waals surface area (Å²) in [5, 5.41) is 0. The Labute approximate surface area is 121 Å². The maximum Gasteiger partial charge on any atom is 0.573 e. The molecule has 0 spiro atoms. The Morgan fingerprint density at radius 1 is 1.14 bits per heavy atom. The highest BCUT2D eigenvalue weighted by atomic mass is 19.4. The summed E-state index contributed by atoms with van der Waals surface area (Å²) in [5.41, 5.74) is -0.0853. The van der Waals surface area contributed by atoms with E-state index in [-0.39, 0.29) is 16.9 Å². The van der Waals surface area contributed by atoms with Crippen molar-refractivity contribution in [3.8, 4) is 23.3 Å². The second kappa shape index (κ2) is 5.48. The highest BCUT2D eigenvalue weighted by Crippen LogP contribution is 2.38. The molecule has 1 atom stereocenters. The van der Waals surface area contributed by atoms with Crippen LogP contribution in [0, 0.1) is 11.8 Å². The van der Waals surface area contributed by atoms with Gasteiger partial charge < -0.3 is 9.47 Å². The van der Waals surface area contributed by atoms with Crippen LogP contribution in [0.2, 0.25) is 0 Å². The minimum absolute atomic E-state index is 0.0278. The zero-order valence-corrected chi connectivity index (χ0v) is 11.0. The fourth-order valence-electron chi connectivity index (χ4n) is 1.83. The van der Waals surface area contributed by atoms with E-state index < -0.39 is 24.4 Å². The first-order valence-electron chi connectivity index (χ1n) is 5.88. The van der Waals surface area contributed by atoms with E-state index in [1.807, 2.05) is 0 Å². The highest BCUT2D eigenvalue weighted by molar-refractivity contribution is 5.68. The van der Waals surface area contributed by atoms with Gasteiger partial charge in [-0.25, -0.2) is 0 Å². The Bertz CT molecular complexity index is 661. The SMILES string of the molecule is CC#Cc1cc(OC(F)(F)F)cc2c1OC(C(F)(F)F)C=C2. The standard InChI is InChI=1S/C14H8F6O2/c1-2-3-8-6-10(22-14(18,19)20)7-9-4-5-11(13(15,16)17)21-12(8)9/h4-7,11H,1H3. The molecule has 0 N–H and O–H groups in total. The molecule has 1 aliphatic heterocycles. The summed E-state index contributed by atoms with van der Waals surface area (Å²) in [4.78, 5) is 0. The quantitative estimate of drug-likeness (QED) is 0.567. The van der Waals surface area contributed by atoms with Crippen molar-refractivity contribution in [1.82, 2.24) is 0 Å². The lowest BCUT2D eigenvalue weighted by Crippen LogP contribution is -2.34. The Hall–Kier alpha value is -2.30. The van der Waals surface area contributed by atoms with Gasteiger partial charge >= 0.3 is 12.5 Å². The van der Waals surface area contributed by atoms with Crippen molar-refractivity contribution in [3.63, 3.8) is 0 Å². The topological polar surface area (TPSA) is 18.5 Å². The van der Waals surface area contributed by atoms with Crippen molar-refractivity contribution >= 4 is 6.08 Å². The molecule has 1 aromatic carbocycles. The van der Waals surface area contributed by atoms with Crippen LogP contribution in [-0.4, -0.2) is 18.6 Å². The summed E-state index contributed by atoms with van der Waals surface area (Å²) in [6, 6.07) is 1.82. The van der Waals surface area contributed by atoms with Gasteiger partial charge in [0.2, 0.25) is 6.10 Å². The summed E-state index contributed by atoms with van der Waals surface area (Å²) < 4.78 is 83.3. The van der Waals surface area contributed by atoms with Crippen LogP contribution in [0.5, 0.6) is 11.5 Å². The van der Waals surface area contributed by atoms with E-state index in [1.54, 1.807) is 0 Å². The molecule has 118 valence electrons. The molecule has 1 heterocycles. The summed E-state index contributed by atoms with van der Waals surface area (Å²) in [7, 11) is 0. The highest BCUT2D eigenvalue weighted by Gasteiger charge is 2.42. The maximum absolute atomic E-state index is 12.7.